The first-order valence-corrected chi connectivity index (χ1v) is 8.00. The Morgan fingerprint density at radius 2 is 1.89 bits per heavy atom. The largest absolute Gasteiger partial charge is 0.389 e. The molecule has 0 amide bonds. The highest BCUT2D eigenvalue weighted by atomic mass is 79.9. The molecule has 2 nitrogen and oxygen atoms in total. The van der Waals surface area contributed by atoms with Gasteiger partial charge in [0.15, 0.2) is 0 Å². The van der Waals surface area contributed by atoms with Gasteiger partial charge < -0.3 is 10.0 Å². The zero-order valence-electron chi connectivity index (χ0n) is 12.5. The van der Waals surface area contributed by atoms with E-state index in [1.165, 1.54) is 19.3 Å². The maximum Gasteiger partial charge on any atom is 0.0782 e. The first kappa shape index (κ1) is 16.5. The summed E-state index contributed by atoms with van der Waals surface area (Å²) in [6.45, 7) is 9.51. The van der Waals surface area contributed by atoms with Crippen molar-refractivity contribution in [1.29, 1.82) is 0 Å². The van der Waals surface area contributed by atoms with Gasteiger partial charge in [0, 0.05) is 28.3 Å². The van der Waals surface area contributed by atoms with Crippen molar-refractivity contribution in [2.45, 2.75) is 59.1 Å². The lowest BCUT2D eigenvalue weighted by atomic mass is 10.1. The van der Waals surface area contributed by atoms with Crippen molar-refractivity contribution in [2.24, 2.45) is 0 Å². The van der Waals surface area contributed by atoms with E-state index < -0.39 is 6.10 Å². The minimum atomic E-state index is -0.435. The number of hydrogen-bond donors (Lipinski definition) is 1. The standard InChI is InChI=1S/C16H26BrNO/c1-5-6-7-10-18(12(2)3)16-11-14(17)8-9-15(16)13(4)19/h8-9,11-13,19H,5-7,10H2,1-4H3. The average Bonchev–Trinajstić information content (AvgIpc) is 2.33. The van der Waals surface area contributed by atoms with Crippen LogP contribution < -0.4 is 4.90 Å². The SMILES string of the molecule is CCCCCN(c1cc(Br)ccc1C(C)O)C(C)C. The van der Waals surface area contributed by atoms with Crippen LogP contribution in [0.4, 0.5) is 5.69 Å². The highest BCUT2D eigenvalue weighted by Crippen LogP contribution is 2.31. The number of anilines is 1. The van der Waals surface area contributed by atoms with Gasteiger partial charge in [0.2, 0.25) is 0 Å². The predicted molar refractivity (Wildman–Crippen MR) is 86.8 cm³/mol. The third kappa shape index (κ3) is 4.81. The van der Waals surface area contributed by atoms with E-state index in [4.69, 9.17) is 0 Å². The number of nitrogens with zero attached hydrogens (tertiary/aromatic N) is 1. The summed E-state index contributed by atoms with van der Waals surface area (Å²) in [5, 5.41) is 9.96. The third-order valence-electron chi connectivity index (χ3n) is 3.38. The van der Waals surface area contributed by atoms with Crippen LogP contribution in [0.15, 0.2) is 22.7 Å². The molecule has 0 radical (unpaired) electrons. The number of benzene rings is 1. The molecule has 108 valence electrons. The molecule has 0 bridgehead atoms. The molecule has 0 saturated heterocycles. The van der Waals surface area contributed by atoms with E-state index >= 15 is 0 Å². The fraction of sp³-hybridized carbons (Fsp3) is 0.625. The van der Waals surface area contributed by atoms with Crippen LogP contribution in [0.3, 0.4) is 0 Å². The van der Waals surface area contributed by atoms with E-state index in [1.54, 1.807) is 0 Å². The molecule has 1 N–H and O–H groups in total. The second kappa shape index (κ2) is 7.91. The fourth-order valence-electron chi connectivity index (χ4n) is 2.31. The minimum Gasteiger partial charge on any atom is -0.389 e. The summed E-state index contributed by atoms with van der Waals surface area (Å²) in [6, 6.07) is 6.56. The highest BCUT2D eigenvalue weighted by Gasteiger charge is 2.17. The van der Waals surface area contributed by atoms with Gasteiger partial charge in [0.05, 0.1) is 6.10 Å². The normalized spacial score (nSPS) is 12.8. The Morgan fingerprint density at radius 1 is 1.21 bits per heavy atom. The van der Waals surface area contributed by atoms with E-state index in [-0.39, 0.29) is 0 Å². The number of halogens is 1. The first-order valence-electron chi connectivity index (χ1n) is 7.21. The van der Waals surface area contributed by atoms with Gasteiger partial charge in [-0.05, 0) is 39.3 Å². The van der Waals surface area contributed by atoms with Gasteiger partial charge in [-0.15, -0.1) is 0 Å². The molecule has 1 atom stereocenters. The number of aliphatic hydroxyl groups excluding tert-OH is 1. The Balaban J connectivity index is 3.03. The van der Waals surface area contributed by atoms with E-state index in [2.05, 4.69) is 47.7 Å². The summed E-state index contributed by atoms with van der Waals surface area (Å²) < 4.78 is 1.06. The fourth-order valence-corrected chi connectivity index (χ4v) is 2.66. The van der Waals surface area contributed by atoms with Crippen molar-refractivity contribution in [3.8, 4) is 0 Å². The molecular weight excluding hydrogens is 302 g/mol. The quantitative estimate of drug-likeness (QED) is 0.719. The molecule has 1 unspecified atom stereocenters. The van der Waals surface area contributed by atoms with Gasteiger partial charge in [-0.25, -0.2) is 0 Å². The van der Waals surface area contributed by atoms with E-state index in [0.29, 0.717) is 6.04 Å². The molecule has 1 aromatic rings. The van der Waals surface area contributed by atoms with Crippen LogP contribution in [-0.4, -0.2) is 17.7 Å². The topological polar surface area (TPSA) is 23.5 Å². The summed E-state index contributed by atoms with van der Waals surface area (Å²) in [6.07, 6.45) is 3.24. The minimum absolute atomic E-state index is 0.434. The maximum atomic E-state index is 9.96. The number of unbranched alkanes of at least 4 members (excludes halogenated alkanes) is 2. The lowest BCUT2D eigenvalue weighted by molar-refractivity contribution is 0.199. The lowest BCUT2D eigenvalue weighted by Crippen LogP contribution is -2.32. The maximum absolute atomic E-state index is 9.96. The monoisotopic (exact) mass is 327 g/mol. The Hall–Kier alpha value is -0.540. The molecule has 0 saturated carbocycles. The highest BCUT2D eigenvalue weighted by molar-refractivity contribution is 9.10. The number of hydrogen-bond acceptors (Lipinski definition) is 2. The molecule has 0 aromatic heterocycles. The second-order valence-corrected chi connectivity index (χ2v) is 6.29. The van der Waals surface area contributed by atoms with Gasteiger partial charge in [-0.3, -0.25) is 0 Å². The Morgan fingerprint density at radius 3 is 2.42 bits per heavy atom. The smallest absolute Gasteiger partial charge is 0.0782 e. The molecule has 1 rings (SSSR count). The van der Waals surface area contributed by atoms with Crippen molar-refractivity contribution in [3.05, 3.63) is 28.2 Å². The van der Waals surface area contributed by atoms with Gasteiger partial charge in [-0.1, -0.05) is 41.8 Å². The number of aliphatic hydroxyl groups is 1. The van der Waals surface area contributed by atoms with Crippen molar-refractivity contribution >= 4 is 21.6 Å². The van der Waals surface area contributed by atoms with Crippen LogP contribution in [0.2, 0.25) is 0 Å². The summed E-state index contributed by atoms with van der Waals surface area (Å²) in [4.78, 5) is 2.39. The van der Waals surface area contributed by atoms with Crippen LogP contribution in [-0.2, 0) is 0 Å². The number of rotatable bonds is 7. The molecular formula is C16H26BrNO. The molecule has 19 heavy (non-hydrogen) atoms. The van der Waals surface area contributed by atoms with Crippen LogP contribution >= 0.6 is 15.9 Å². The van der Waals surface area contributed by atoms with Crippen LogP contribution in [0.5, 0.6) is 0 Å². The van der Waals surface area contributed by atoms with Crippen LogP contribution in [0.1, 0.15) is 58.6 Å². The Kier molecular flexibility index (Phi) is 6.87. The van der Waals surface area contributed by atoms with E-state index in [0.717, 1.165) is 22.3 Å². The molecule has 3 heteroatoms. The molecule has 0 aliphatic rings. The van der Waals surface area contributed by atoms with Gasteiger partial charge >= 0.3 is 0 Å². The van der Waals surface area contributed by atoms with Crippen LogP contribution in [0, 0.1) is 0 Å². The second-order valence-electron chi connectivity index (χ2n) is 5.37. The van der Waals surface area contributed by atoms with Crippen molar-refractivity contribution in [2.75, 3.05) is 11.4 Å². The summed E-state index contributed by atoms with van der Waals surface area (Å²) in [7, 11) is 0. The molecule has 0 aliphatic heterocycles. The first-order chi connectivity index (χ1) is 8.97. The van der Waals surface area contributed by atoms with Gasteiger partial charge in [0.1, 0.15) is 0 Å². The van der Waals surface area contributed by atoms with Crippen LogP contribution in [0.25, 0.3) is 0 Å². The molecule has 0 heterocycles. The summed E-state index contributed by atoms with van der Waals surface area (Å²) >= 11 is 3.54. The van der Waals surface area contributed by atoms with Crippen molar-refractivity contribution < 1.29 is 5.11 Å². The lowest BCUT2D eigenvalue weighted by Gasteiger charge is -2.32. The van der Waals surface area contributed by atoms with Gasteiger partial charge in [-0.2, -0.15) is 0 Å². The molecule has 0 spiro atoms. The average molecular weight is 328 g/mol. The summed E-state index contributed by atoms with van der Waals surface area (Å²) in [5.41, 5.74) is 2.16. The summed E-state index contributed by atoms with van der Waals surface area (Å²) in [5.74, 6) is 0. The van der Waals surface area contributed by atoms with Gasteiger partial charge in [0.25, 0.3) is 0 Å². The molecule has 1 aromatic carbocycles. The predicted octanol–water partition coefficient (Wildman–Crippen LogP) is 4.91. The zero-order valence-corrected chi connectivity index (χ0v) is 14.1. The zero-order chi connectivity index (χ0) is 14.4. The Labute approximate surface area is 126 Å². The molecule has 0 fully saturated rings. The van der Waals surface area contributed by atoms with Crippen molar-refractivity contribution in [1.82, 2.24) is 0 Å². The van der Waals surface area contributed by atoms with E-state index in [9.17, 15) is 5.11 Å². The molecule has 0 aliphatic carbocycles. The Bertz CT molecular complexity index is 390. The van der Waals surface area contributed by atoms with Crippen molar-refractivity contribution in [3.63, 3.8) is 0 Å². The third-order valence-corrected chi connectivity index (χ3v) is 3.87. The van der Waals surface area contributed by atoms with E-state index in [1.807, 2.05) is 19.1 Å².